The van der Waals surface area contributed by atoms with E-state index in [2.05, 4.69) is 60.8 Å². The van der Waals surface area contributed by atoms with Crippen LogP contribution in [0.15, 0.2) is 39.8 Å². The SMILES string of the molecule is C=C[C@H](c1cc(Br)ccc1Br)N1CCNCC1.Cl.Cl. The lowest BCUT2D eigenvalue weighted by atomic mass is 10.0. The van der Waals surface area contributed by atoms with Crippen LogP contribution in [0.1, 0.15) is 11.6 Å². The van der Waals surface area contributed by atoms with Crippen LogP contribution in [0.25, 0.3) is 0 Å². The molecule has 0 spiro atoms. The number of nitrogens with one attached hydrogen (secondary N) is 1. The Morgan fingerprint density at radius 2 is 1.84 bits per heavy atom. The fraction of sp³-hybridized carbons (Fsp3) is 0.385. The van der Waals surface area contributed by atoms with Crippen LogP contribution in [-0.2, 0) is 0 Å². The minimum absolute atomic E-state index is 0. The molecule has 1 fully saturated rings. The maximum Gasteiger partial charge on any atom is 0.0541 e. The van der Waals surface area contributed by atoms with Crippen molar-refractivity contribution in [3.05, 3.63) is 45.4 Å². The third-order valence-corrected chi connectivity index (χ3v) is 4.26. The van der Waals surface area contributed by atoms with E-state index < -0.39 is 0 Å². The van der Waals surface area contributed by atoms with E-state index >= 15 is 0 Å². The van der Waals surface area contributed by atoms with Crippen molar-refractivity contribution in [2.24, 2.45) is 0 Å². The van der Waals surface area contributed by atoms with Crippen molar-refractivity contribution in [1.82, 2.24) is 10.2 Å². The zero-order valence-electron chi connectivity index (χ0n) is 10.4. The van der Waals surface area contributed by atoms with Crippen molar-refractivity contribution in [3.63, 3.8) is 0 Å². The Bertz CT molecular complexity index is 410. The van der Waals surface area contributed by atoms with E-state index in [0.29, 0.717) is 0 Å². The fourth-order valence-electron chi connectivity index (χ4n) is 2.17. The molecule has 1 N–H and O–H groups in total. The highest BCUT2D eigenvalue weighted by Crippen LogP contribution is 2.31. The van der Waals surface area contributed by atoms with Gasteiger partial charge in [-0.15, -0.1) is 31.4 Å². The molecular formula is C13H18Br2Cl2N2. The molecule has 0 aliphatic carbocycles. The Hall–Kier alpha value is 0.420. The van der Waals surface area contributed by atoms with Crippen LogP contribution in [0, 0.1) is 0 Å². The molecule has 6 heteroatoms. The standard InChI is InChI=1S/C13H16Br2N2.2ClH/c1-2-13(17-7-5-16-6-8-17)11-9-10(14)3-4-12(11)15;;/h2-4,9,13,16H,1,5-8H2;2*1H/t13-;;/m1../s1. The summed E-state index contributed by atoms with van der Waals surface area (Å²) in [4.78, 5) is 2.45. The van der Waals surface area contributed by atoms with Crippen LogP contribution in [0.2, 0.25) is 0 Å². The molecule has 0 radical (unpaired) electrons. The highest BCUT2D eigenvalue weighted by Gasteiger charge is 2.21. The van der Waals surface area contributed by atoms with Gasteiger partial charge >= 0.3 is 0 Å². The molecule has 1 saturated heterocycles. The van der Waals surface area contributed by atoms with Gasteiger partial charge in [-0.1, -0.05) is 37.9 Å². The second kappa shape index (κ2) is 9.37. The highest BCUT2D eigenvalue weighted by molar-refractivity contribution is 9.11. The van der Waals surface area contributed by atoms with Gasteiger partial charge in [0.15, 0.2) is 0 Å². The van der Waals surface area contributed by atoms with Gasteiger partial charge in [0, 0.05) is 35.1 Å². The normalized spacial score (nSPS) is 16.9. The van der Waals surface area contributed by atoms with Crippen LogP contribution in [0.3, 0.4) is 0 Å². The topological polar surface area (TPSA) is 15.3 Å². The van der Waals surface area contributed by atoms with Crippen LogP contribution in [0.5, 0.6) is 0 Å². The van der Waals surface area contributed by atoms with Gasteiger partial charge in [-0.05, 0) is 23.8 Å². The summed E-state index contributed by atoms with van der Waals surface area (Å²) in [6.07, 6.45) is 2.03. The predicted molar refractivity (Wildman–Crippen MR) is 93.7 cm³/mol. The fourth-order valence-corrected chi connectivity index (χ4v) is 3.03. The first-order valence-corrected chi connectivity index (χ1v) is 7.33. The van der Waals surface area contributed by atoms with Gasteiger partial charge in [0.05, 0.1) is 6.04 Å². The second-order valence-corrected chi connectivity index (χ2v) is 5.90. The summed E-state index contributed by atoms with van der Waals surface area (Å²) in [7, 11) is 0. The molecule has 0 bridgehead atoms. The van der Waals surface area contributed by atoms with Crippen molar-refractivity contribution < 1.29 is 0 Å². The van der Waals surface area contributed by atoms with Gasteiger partial charge in [0.1, 0.15) is 0 Å². The van der Waals surface area contributed by atoms with Crippen molar-refractivity contribution in [3.8, 4) is 0 Å². The molecule has 1 aromatic rings. The number of halogens is 4. The number of hydrogen-bond donors (Lipinski definition) is 1. The largest absolute Gasteiger partial charge is 0.314 e. The molecular weight excluding hydrogens is 415 g/mol. The van der Waals surface area contributed by atoms with E-state index in [1.165, 1.54) is 5.56 Å². The zero-order chi connectivity index (χ0) is 12.3. The van der Waals surface area contributed by atoms with E-state index in [1.54, 1.807) is 0 Å². The summed E-state index contributed by atoms with van der Waals surface area (Å²) < 4.78 is 2.25. The van der Waals surface area contributed by atoms with E-state index in [0.717, 1.165) is 35.1 Å². The minimum Gasteiger partial charge on any atom is -0.314 e. The predicted octanol–water partition coefficient (Wildman–Crippen LogP) is 4.19. The van der Waals surface area contributed by atoms with Crippen LogP contribution in [0.4, 0.5) is 0 Å². The van der Waals surface area contributed by atoms with Gasteiger partial charge in [0.2, 0.25) is 0 Å². The Morgan fingerprint density at radius 1 is 1.21 bits per heavy atom. The summed E-state index contributed by atoms with van der Waals surface area (Å²) in [5, 5.41) is 3.37. The average Bonchev–Trinajstić information content (AvgIpc) is 2.36. The molecule has 1 atom stereocenters. The van der Waals surface area contributed by atoms with Crippen LogP contribution >= 0.6 is 56.7 Å². The summed E-state index contributed by atoms with van der Waals surface area (Å²) in [6.45, 7) is 8.22. The number of rotatable bonds is 3. The molecule has 1 aromatic carbocycles. The quantitative estimate of drug-likeness (QED) is 0.720. The molecule has 0 saturated carbocycles. The molecule has 0 amide bonds. The first kappa shape index (κ1) is 19.4. The number of benzene rings is 1. The first-order valence-electron chi connectivity index (χ1n) is 5.74. The van der Waals surface area contributed by atoms with Gasteiger partial charge < -0.3 is 5.32 Å². The molecule has 2 nitrogen and oxygen atoms in total. The Kier molecular flexibility index (Phi) is 9.58. The highest BCUT2D eigenvalue weighted by atomic mass is 79.9. The van der Waals surface area contributed by atoms with Crippen molar-refractivity contribution in [1.29, 1.82) is 0 Å². The molecule has 0 aromatic heterocycles. The number of piperazine rings is 1. The number of hydrogen-bond acceptors (Lipinski definition) is 2. The molecule has 1 aliphatic rings. The molecule has 0 unspecified atom stereocenters. The van der Waals surface area contributed by atoms with Gasteiger partial charge in [-0.2, -0.15) is 0 Å². The molecule has 1 heterocycles. The Morgan fingerprint density at radius 3 is 2.42 bits per heavy atom. The van der Waals surface area contributed by atoms with Crippen molar-refractivity contribution in [2.45, 2.75) is 6.04 Å². The molecule has 108 valence electrons. The molecule has 2 rings (SSSR count). The first-order chi connectivity index (χ1) is 8.22. The minimum atomic E-state index is 0. The third kappa shape index (κ3) is 5.03. The smallest absolute Gasteiger partial charge is 0.0541 e. The molecule has 19 heavy (non-hydrogen) atoms. The van der Waals surface area contributed by atoms with Crippen molar-refractivity contribution in [2.75, 3.05) is 26.2 Å². The maximum atomic E-state index is 3.99. The van der Waals surface area contributed by atoms with Gasteiger partial charge in [-0.25, -0.2) is 0 Å². The Labute approximate surface area is 144 Å². The zero-order valence-corrected chi connectivity index (χ0v) is 15.2. The van der Waals surface area contributed by atoms with E-state index in [1.807, 2.05) is 12.1 Å². The van der Waals surface area contributed by atoms with Crippen molar-refractivity contribution >= 4 is 56.7 Å². The summed E-state index contributed by atoms with van der Waals surface area (Å²) in [5.41, 5.74) is 1.27. The van der Waals surface area contributed by atoms with E-state index in [4.69, 9.17) is 0 Å². The van der Waals surface area contributed by atoms with Crippen LogP contribution < -0.4 is 5.32 Å². The van der Waals surface area contributed by atoms with E-state index in [9.17, 15) is 0 Å². The van der Waals surface area contributed by atoms with Gasteiger partial charge in [-0.3, -0.25) is 4.90 Å². The lowest BCUT2D eigenvalue weighted by molar-refractivity contribution is 0.203. The van der Waals surface area contributed by atoms with E-state index in [-0.39, 0.29) is 30.9 Å². The summed E-state index contributed by atoms with van der Waals surface area (Å²) >= 11 is 7.16. The van der Waals surface area contributed by atoms with Crippen LogP contribution in [-0.4, -0.2) is 31.1 Å². The summed E-state index contributed by atoms with van der Waals surface area (Å²) in [6, 6.07) is 6.58. The lowest BCUT2D eigenvalue weighted by Gasteiger charge is -2.34. The average molecular weight is 433 g/mol. The number of nitrogens with zero attached hydrogens (tertiary/aromatic N) is 1. The Balaban J connectivity index is 0.00000162. The van der Waals surface area contributed by atoms with Gasteiger partial charge in [0.25, 0.3) is 0 Å². The monoisotopic (exact) mass is 430 g/mol. The lowest BCUT2D eigenvalue weighted by Crippen LogP contribution is -2.44. The summed E-state index contributed by atoms with van der Waals surface area (Å²) in [5.74, 6) is 0. The molecule has 1 aliphatic heterocycles. The second-order valence-electron chi connectivity index (χ2n) is 4.13. The maximum absolute atomic E-state index is 3.99. The third-order valence-electron chi connectivity index (χ3n) is 3.04.